The topological polar surface area (TPSA) is 15.3 Å². The first kappa shape index (κ1) is 14.5. The second kappa shape index (κ2) is 5.64. The van der Waals surface area contributed by atoms with Crippen molar-refractivity contribution in [3.63, 3.8) is 0 Å². The summed E-state index contributed by atoms with van der Waals surface area (Å²) in [6.07, 6.45) is 0. The minimum absolute atomic E-state index is 0.230. The molecule has 19 heavy (non-hydrogen) atoms. The Bertz CT molecular complexity index is 423. The number of hydrogen-bond donors (Lipinski definition) is 1. The molecule has 2 heteroatoms. The standard InChI is InChI=1S/C17H28N2/c1-13(2)16-11-19(17(4,5)12-18-16)10-15-9-7-6-8-14(15)3/h6-9,13,16,18H,10-12H2,1-5H3. The molecular weight excluding hydrogens is 232 g/mol. The minimum Gasteiger partial charge on any atom is -0.311 e. The molecular formula is C17H28N2. The minimum atomic E-state index is 0.230. The summed E-state index contributed by atoms with van der Waals surface area (Å²) in [6.45, 7) is 14.8. The molecule has 2 rings (SSSR count). The Kier molecular flexibility index (Phi) is 4.32. The van der Waals surface area contributed by atoms with Gasteiger partial charge in [-0.25, -0.2) is 0 Å². The van der Waals surface area contributed by atoms with Crippen molar-refractivity contribution in [2.24, 2.45) is 5.92 Å². The molecule has 1 saturated heterocycles. The molecule has 0 aromatic heterocycles. The summed E-state index contributed by atoms with van der Waals surface area (Å²) in [6, 6.07) is 9.36. The van der Waals surface area contributed by atoms with E-state index in [0.717, 1.165) is 19.6 Å². The first-order valence-electron chi connectivity index (χ1n) is 7.43. The Labute approximate surface area is 118 Å². The molecule has 0 saturated carbocycles. The molecule has 1 fully saturated rings. The Morgan fingerprint density at radius 1 is 1.32 bits per heavy atom. The van der Waals surface area contributed by atoms with E-state index >= 15 is 0 Å². The quantitative estimate of drug-likeness (QED) is 0.898. The maximum absolute atomic E-state index is 3.70. The average Bonchev–Trinajstić information content (AvgIpc) is 2.34. The van der Waals surface area contributed by atoms with Gasteiger partial charge in [-0.05, 0) is 37.8 Å². The largest absolute Gasteiger partial charge is 0.311 e. The van der Waals surface area contributed by atoms with Crippen molar-refractivity contribution < 1.29 is 0 Å². The second-order valence-corrected chi connectivity index (χ2v) is 6.85. The zero-order chi connectivity index (χ0) is 14.0. The van der Waals surface area contributed by atoms with Crippen molar-refractivity contribution in [2.75, 3.05) is 13.1 Å². The molecule has 0 bridgehead atoms. The highest BCUT2D eigenvalue weighted by molar-refractivity contribution is 5.25. The molecule has 0 aliphatic carbocycles. The molecule has 1 aliphatic rings. The third-order valence-corrected chi connectivity index (χ3v) is 4.50. The summed E-state index contributed by atoms with van der Waals surface area (Å²) in [5.74, 6) is 0.690. The van der Waals surface area contributed by atoms with Gasteiger partial charge >= 0.3 is 0 Å². The number of nitrogens with one attached hydrogen (secondary N) is 1. The van der Waals surface area contributed by atoms with E-state index in [1.807, 2.05) is 0 Å². The van der Waals surface area contributed by atoms with Gasteiger partial charge in [-0.3, -0.25) is 4.90 Å². The van der Waals surface area contributed by atoms with Crippen LogP contribution in [0.15, 0.2) is 24.3 Å². The third-order valence-electron chi connectivity index (χ3n) is 4.50. The lowest BCUT2D eigenvalue weighted by Crippen LogP contribution is -2.62. The van der Waals surface area contributed by atoms with Crippen LogP contribution in [0.1, 0.15) is 38.8 Å². The SMILES string of the molecule is Cc1ccccc1CN1CC(C(C)C)NCC1(C)C. The van der Waals surface area contributed by atoms with Crippen LogP contribution in [0, 0.1) is 12.8 Å². The Hall–Kier alpha value is -0.860. The molecule has 2 nitrogen and oxygen atoms in total. The van der Waals surface area contributed by atoms with E-state index in [0.29, 0.717) is 12.0 Å². The van der Waals surface area contributed by atoms with E-state index in [1.165, 1.54) is 11.1 Å². The lowest BCUT2D eigenvalue weighted by molar-refractivity contribution is 0.0473. The van der Waals surface area contributed by atoms with Crippen LogP contribution in [0.25, 0.3) is 0 Å². The van der Waals surface area contributed by atoms with Gasteiger partial charge in [-0.2, -0.15) is 0 Å². The van der Waals surface area contributed by atoms with Gasteiger partial charge in [0, 0.05) is 31.2 Å². The maximum atomic E-state index is 3.70. The monoisotopic (exact) mass is 260 g/mol. The van der Waals surface area contributed by atoms with Crippen LogP contribution in [0.2, 0.25) is 0 Å². The first-order chi connectivity index (χ1) is 8.90. The number of benzene rings is 1. The maximum Gasteiger partial charge on any atom is 0.0281 e. The summed E-state index contributed by atoms with van der Waals surface area (Å²) in [5.41, 5.74) is 3.09. The van der Waals surface area contributed by atoms with Gasteiger partial charge in [0.15, 0.2) is 0 Å². The van der Waals surface area contributed by atoms with Gasteiger partial charge in [-0.1, -0.05) is 38.1 Å². The fourth-order valence-corrected chi connectivity index (χ4v) is 2.76. The van der Waals surface area contributed by atoms with Crippen molar-refractivity contribution in [3.05, 3.63) is 35.4 Å². The van der Waals surface area contributed by atoms with Crippen molar-refractivity contribution >= 4 is 0 Å². The van der Waals surface area contributed by atoms with E-state index in [9.17, 15) is 0 Å². The van der Waals surface area contributed by atoms with Crippen molar-refractivity contribution in [1.82, 2.24) is 10.2 Å². The van der Waals surface area contributed by atoms with Gasteiger partial charge in [0.25, 0.3) is 0 Å². The fraction of sp³-hybridized carbons (Fsp3) is 0.647. The average molecular weight is 260 g/mol. The number of piperazine rings is 1. The summed E-state index contributed by atoms with van der Waals surface area (Å²) < 4.78 is 0. The Morgan fingerprint density at radius 2 is 2.00 bits per heavy atom. The third kappa shape index (κ3) is 3.37. The first-order valence-corrected chi connectivity index (χ1v) is 7.43. The van der Waals surface area contributed by atoms with Gasteiger partial charge in [-0.15, -0.1) is 0 Å². The molecule has 1 aliphatic heterocycles. The highest BCUT2D eigenvalue weighted by Gasteiger charge is 2.34. The number of rotatable bonds is 3. The van der Waals surface area contributed by atoms with E-state index in [4.69, 9.17) is 0 Å². The van der Waals surface area contributed by atoms with Gasteiger partial charge in [0.05, 0.1) is 0 Å². The van der Waals surface area contributed by atoms with E-state index in [1.54, 1.807) is 0 Å². The summed E-state index contributed by atoms with van der Waals surface area (Å²) in [5, 5.41) is 3.70. The van der Waals surface area contributed by atoms with Crippen LogP contribution in [0.3, 0.4) is 0 Å². The highest BCUT2D eigenvalue weighted by Crippen LogP contribution is 2.24. The molecule has 1 atom stereocenters. The number of nitrogens with zero attached hydrogens (tertiary/aromatic N) is 1. The van der Waals surface area contributed by atoms with E-state index in [2.05, 4.69) is 69.1 Å². The van der Waals surface area contributed by atoms with Crippen LogP contribution < -0.4 is 5.32 Å². The van der Waals surface area contributed by atoms with Crippen LogP contribution in [0.4, 0.5) is 0 Å². The molecule has 1 aromatic rings. The van der Waals surface area contributed by atoms with Crippen LogP contribution in [-0.4, -0.2) is 29.6 Å². The number of aryl methyl sites for hydroxylation is 1. The predicted molar refractivity (Wildman–Crippen MR) is 82.3 cm³/mol. The Morgan fingerprint density at radius 3 is 2.63 bits per heavy atom. The molecule has 1 unspecified atom stereocenters. The van der Waals surface area contributed by atoms with E-state index in [-0.39, 0.29) is 5.54 Å². The zero-order valence-electron chi connectivity index (χ0n) is 13.0. The normalized spacial score (nSPS) is 23.8. The van der Waals surface area contributed by atoms with E-state index < -0.39 is 0 Å². The number of hydrogen-bond acceptors (Lipinski definition) is 2. The Balaban J connectivity index is 2.14. The zero-order valence-corrected chi connectivity index (χ0v) is 13.0. The highest BCUT2D eigenvalue weighted by atomic mass is 15.3. The molecule has 0 radical (unpaired) electrons. The summed E-state index contributed by atoms with van der Waals surface area (Å²) >= 11 is 0. The van der Waals surface area contributed by atoms with Crippen LogP contribution in [0.5, 0.6) is 0 Å². The van der Waals surface area contributed by atoms with Crippen LogP contribution >= 0.6 is 0 Å². The molecule has 106 valence electrons. The molecule has 0 spiro atoms. The van der Waals surface area contributed by atoms with Crippen molar-refractivity contribution in [2.45, 2.75) is 52.7 Å². The molecule has 1 N–H and O–H groups in total. The van der Waals surface area contributed by atoms with Gasteiger partial charge in [0.2, 0.25) is 0 Å². The summed E-state index contributed by atoms with van der Waals surface area (Å²) in [7, 11) is 0. The molecule has 1 heterocycles. The van der Waals surface area contributed by atoms with Crippen LogP contribution in [-0.2, 0) is 6.54 Å². The lowest BCUT2D eigenvalue weighted by atomic mass is 9.92. The summed E-state index contributed by atoms with van der Waals surface area (Å²) in [4.78, 5) is 2.64. The van der Waals surface area contributed by atoms with Gasteiger partial charge < -0.3 is 5.32 Å². The second-order valence-electron chi connectivity index (χ2n) is 6.85. The molecule has 0 amide bonds. The van der Waals surface area contributed by atoms with Crippen molar-refractivity contribution in [1.29, 1.82) is 0 Å². The predicted octanol–water partition coefficient (Wildman–Crippen LogP) is 3.20. The smallest absolute Gasteiger partial charge is 0.0281 e. The van der Waals surface area contributed by atoms with Crippen molar-refractivity contribution in [3.8, 4) is 0 Å². The fourth-order valence-electron chi connectivity index (χ4n) is 2.76. The molecule has 1 aromatic carbocycles. The van der Waals surface area contributed by atoms with Gasteiger partial charge in [0.1, 0.15) is 0 Å². The lowest BCUT2D eigenvalue weighted by Gasteiger charge is -2.47.